The summed E-state index contributed by atoms with van der Waals surface area (Å²) in [6.07, 6.45) is 0. The van der Waals surface area contributed by atoms with Gasteiger partial charge in [0.2, 0.25) is 0 Å². The molecule has 0 aliphatic rings. The van der Waals surface area contributed by atoms with Crippen LogP contribution in [0.4, 0.5) is 5.69 Å². The van der Waals surface area contributed by atoms with E-state index in [0.717, 1.165) is 11.3 Å². The lowest BCUT2D eigenvalue weighted by atomic mass is 10.2. The summed E-state index contributed by atoms with van der Waals surface area (Å²) in [5.41, 5.74) is 5.96. The SMILES string of the molecule is CCN(CC(C)C#N)S(=O)(=O)c1cc(N)cs1. The summed E-state index contributed by atoms with van der Waals surface area (Å²) >= 11 is 1.10. The van der Waals surface area contributed by atoms with Crippen LogP contribution in [0, 0.1) is 17.2 Å². The van der Waals surface area contributed by atoms with Crippen LogP contribution < -0.4 is 5.73 Å². The van der Waals surface area contributed by atoms with Gasteiger partial charge in [-0.2, -0.15) is 9.57 Å². The second kappa shape index (κ2) is 5.49. The normalized spacial score (nSPS) is 13.5. The van der Waals surface area contributed by atoms with Crippen LogP contribution in [0.25, 0.3) is 0 Å². The highest BCUT2D eigenvalue weighted by molar-refractivity contribution is 7.91. The summed E-state index contributed by atoms with van der Waals surface area (Å²) in [4.78, 5) is 0. The Morgan fingerprint density at radius 1 is 1.65 bits per heavy atom. The molecular weight excluding hydrogens is 258 g/mol. The molecular formula is C10H15N3O2S2. The molecule has 17 heavy (non-hydrogen) atoms. The van der Waals surface area contributed by atoms with Crippen LogP contribution in [-0.4, -0.2) is 25.8 Å². The van der Waals surface area contributed by atoms with Crippen molar-refractivity contribution in [3.63, 3.8) is 0 Å². The lowest BCUT2D eigenvalue weighted by Gasteiger charge is -2.20. The fraction of sp³-hybridized carbons (Fsp3) is 0.500. The fourth-order valence-electron chi connectivity index (χ4n) is 1.34. The quantitative estimate of drug-likeness (QED) is 0.880. The van der Waals surface area contributed by atoms with Crippen LogP contribution in [0.5, 0.6) is 0 Å². The van der Waals surface area contributed by atoms with Gasteiger partial charge in [0.05, 0.1) is 12.0 Å². The van der Waals surface area contributed by atoms with Gasteiger partial charge >= 0.3 is 0 Å². The van der Waals surface area contributed by atoms with Crippen LogP contribution in [0.1, 0.15) is 13.8 Å². The number of anilines is 1. The first kappa shape index (κ1) is 14.0. The molecule has 0 amide bonds. The Morgan fingerprint density at radius 2 is 2.29 bits per heavy atom. The Balaban J connectivity index is 2.99. The van der Waals surface area contributed by atoms with Crippen molar-refractivity contribution in [2.45, 2.75) is 18.1 Å². The van der Waals surface area contributed by atoms with E-state index in [1.165, 1.54) is 10.4 Å². The third-order valence-electron chi connectivity index (χ3n) is 2.24. The smallest absolute Gasteiger partial charge is 0.252 e. The first-order valence-electron chi connectivity index (χ1n) is 5.15. The molecule has 0 aliphatic heterocycles. The second-order valence-corrected chi connectivity index (χ2v) is 6.76. The topological polar surface area (TPSA) is 87.2 Å². The molecule has 1 unspecified atom stereocenters. The molecule has 1 atom stereocenters. The van der Waals surface area contributed by atoms with Crippen molar-refractivity contribution in [2.24, 2.45) is 5.92 Å². The highest BCUT2D eigenvalue weighted by atomic mass is 32.2. The van der Waals surface area contributed by atoms with Crippen LogP contribution in [0.3, 0.4) is 0 Å². The molecule has 0 aliphatic carbocycles. The molecule has 0 spiro atoms. The summed E-state index contributed by atoms with van der Waals surface area (Å²) in [6.45, 7) is 3.98. The molecule has 1 rings (SSSR count). The van der Waals surface area contributed by atoms with E-state index in [0.29, 0.717) is 12.2 Å². The van der Waals surface area contributed by atoms with Gasteiger partial charge in [-0.25, -0.2) is 8.42 Å². The van der Waals surface area contributed by atoms with E-state index in [1.807, 2.05) is 6.07 Å². The first-order chi connectivity index (χ1) is 7.91. The Hall–Kier alpha value is -1.10. The number of nitriles is 1. The van der Waals surface area contributed by atoms with Gasteiger partial charge in [-0.15, -0.1) is 11.3 Å². The molecule has 1 heterocycles. The molecule has 7 heteroatoms. The summed E-state index contributed by atoms with van der Waals surface area (Å²) in [6, 6.07) is 3.48. The van der Waals surface area contributed by atoms with E-state index in [-0.39, 0.29) is 16.7 Å². The minimum atomic E-state index is -3.51. The molecule has 0 bridgehead atoms. The molecule has 2 N–H and O–H groups in total. The van der Waals surface area contributed by atoms with Gasteiger partial charge in [0.15, 0.2) is 0 Å². The third kappa shape index (κ3) is 3.19. The van der Waals surface area contributed by atoms with Crippen molar-refractivity contribution in [1.29, 1.82) is 5.26 Å². The second-order valence-electron chi connectivity index (χ2n) is 3.68. The molecule has 0 saturated heterocycles. The van der Waals surface area contributed by atoms with E-state index in [9.17, 15) is 8.42 Å². The Labute approximate surface area is 106 Å². The molecule has 1 aromatic heterocycles. The van der Waals surface area contributed by atoms with Crippen molar-refractivity contribution in [3.05, 3.63) is 11.4 Å². The highest BCUT2D eigenvalue weighted by Crippen LogP contribution is 2.25. The van der Waals surface area contributed by atoms with Gasteiger partial charge in [-0.05, 0) is 13.0 Å². The maximum Gasteiger partial charge on any atom is 0.252 e. The van der Waals surface area contributed by atoms with Crippen LogP contribution >= 0.6 is 11.3 Å². The average Bonchev–Trinajstić information content (AvgIpc) is 2.72. The molecule has 1 aromatic rings. The Bertz CT molecular complexity index is 516. The monoisotopic (exact) mass is 273 g/mol. The van der Waals surface area contributed by atoms with Crippen molar-refractivity contribution < 1.29 is 8.42 Å². The van der Waals surface area contributed by atoms with Crippen LogP contribution in [-0.2, 0) is 10.0 Å². The van der Waals surface area contributed by atoms with Gasteiger partial charge in [0.25, 0.3) is 10.0 Å². The van der Waals surface area contributed by atoms with Gasteiger partial charge < -0.3 is 5.73 Å². The van der Waals surface area contributed by atoms with Crippen LogP contribution in [0.2, 0.25) is 0 Å². The largest absolute Gasteiger partial charge is 0.398 e. The summed E-state index contributed by atoms with van der Waals surface area (Å²) in [5, 5.41) is 10.3. The number of nitrogen functional groups attached to an aromatic ring is 1. The number of sulfonamides is 1. The van der Waals surface area contributed by atoms with Gasteiger partial charge in [-0.3, -0.25) is 0 Å². The van der Waals surface area contributed by atoms with Crippen molar-refractivity contribution >= 4 is 27.0 Å². The van der Waals surface area contributed by atoms with E-state index in [2.05, 4.69) is 0 Å². The molecule has 94 valence electrons. The number of thiophene rings is 1. The van der Waals surface area contributed by atoms with E-state index in [4.69, 9.17) is 11.0 Å². The van der Waals surface area contributed by atoms with Gasteiger partial charge in [0, 0.05) is 24.2 Å². The number of hydrogen-bond donors (Lipinski definition) is 1. The van der Waals surface area contributed by atoms with Crippen molar-refractivity contribution in [2.75, 3.05) is 18.8 Å². The van der Waals surface area contributed by atoms with Crippen molar-refractivity contribution in [1.82, 2.24) is 4.31 Å². The standard InChI is InChI=1S/C10H15N3O2S2/c1-3-13(6-8(2)5-11)17(14,15)10-4-9(12)7-16-10/h4,7-8H,3,6,12H2,1-2H3. The van der Waals surface area contributed by atoms with E-state index < -0.39 is 10.0 Å². The maximum atomic E-state index is 12.2. The lowest BCUT2D eigenvalue weighted by molar-refractivity contribution is 0.401. The van der Waals surface area contributed by atoms with E-state index in [1.54, 1.807) is 19.2 Å². The summed E-state index contributed by atoms with van der Waals surface area (Å²) in [5.74, 6) is -0.331. The zero-order valence-corrected chi connectivity index (χ0v) is 11.4. The van der Waals surface area contributed by atoms with Crippen LogP contribution in [0.15, 0.2) is 15.7 Å². The summed E-state index contributed by atoms with van der Waals surface area (Å²) < 4.78 is 25.9. The molecule has 0 fully saturated rings. The number of rotatable bonds is 5. The zero-order valence-electron chi connectivity index (χ0n) is 9.75. The predicted octanol–water partition coefficient (Wildman–Crippen LogP) is 1.50. The minimum absolute atomic E-state index is 0.202. The highest BCUT2D eigenvalue weighted by Gasteiger charge is 2.25. The number of nitrogens with two attached hydrogens (primary N) is 1. The Kier molecular flexibility index (Phi) is 4.51. The maximum absolute atomic E-state index is 12.2. The molecule has 0 radical (unpaired) electrons. The summed E-state index contributed by atoms with van der Waals surface area (Å²) in [7, 11) is -3.51. The van der Waals surface area contributed by atoms with Gasteiger partial charge in [0.1, 0.15) is 4.21 Å². The predicted molar refractivity (Wildman–Crippen MR) is 67.9 cm³/mol. The average molecular weight is 273 g/mol. The Morgan fingerprint density at radius 3 is 2.71 bits per heavy atom. The molecule has 0 saturated carbocycles. The number of hydrogen-bond acceptors (Lipinski definition) is 5. The fourth-order valence-corrected chi connectivity index (χ4v) is 4.11. The zero-order chi connectivity index (χ0) is 13.1. The number of nitrogens with zero attached hydrogens (tertiary/aromatic N) is 2. The first-order valence-corrected chi connectivity index (χ1v) is 7.47. The lowest BCUT2D eigenvalue weighted by Crippen LogP contribution is -2.33. The molecule has 5 nitrogen and oxygen atoms in total. The van der Waals surface area contributed by atoms with E-state index >= 15 is 0 Å². The minimum Gasteiger partial charge on any atom is -0.398 e. The third-order valence-corrected chi connectivity index (χ3v) is 5.61. The molecule has 0 aromatic carbocycles. The van der Waals surface area contributed by atoms with Gasteiger partial charge in [-0.1, -0.05) is 6.92 Å². The van der Waals surface area contributed by atoms with Crippen molar-refractivity contribution in [3.8, 4) is 6.07 Å².